The fraction of sp³-hybridized carbons (Fsp3) is 0.333. The van der Waals surface area contributed by atoms with Crippen molar-refractivity contribution in [1.29, 1.82) is 0 Å². The van der Waals surface area contributed by atoms with Crippen LogP contribution in [-0.4, -0.2) is 14.1 Å². The second-order valence-corrected chi connectivity index (χ2v) is 6.31. The van der Waals surface area contributed by atoms with Crippen LogP contribution in [0.2, 0.25) is 0 Å². The fourth-order valence-corrected chi connectivity index (χ4v) is 3.04. The van der Waals surface area contributed by atoms with Crippen molar-refractivity contribution in [2.75, 3.05) is 0 Å². The van der Waals surface area contributed by atoms with Crippen LogP contribution in [0.25, 0.3) is 22.4 Å². The van der Waals surface area contributed by atoms with Crippen LogP contribution >= 0.6 is 0 Å². The largest absolute Gasteiger partial charge is 0.324 e. The number of nitrogens with zero attached hydrogens (tertiary/aromatic N) is 3. The van der Waals surface area contributed by atoms with E-state index in [1.807, 2.05) is 25.3 Å². The topological polar surface area (TPSA) is 39.8 Å². The van der Waals surface area contributed by atoms with Gasteiger partial charge in [-0.05, 0) is 43.9 Å². The highest BCUT2D eigenvalue weighted by Gasteiger charge is 2.24. The second kappa shape index (κ2) is 4.83. The lowest BCUT2D eigenvalue weighted by Crippen LogP contribution is -2.18. The summed E-state index contributed by atoms with van der Waals surface area (Å²) in [6.07, 6.45) is 4.50. The quantitative estimate of drug-likeness (QED) is 0.744. The van der Waals surface area contributed by atoms with E-state index in [1.54, 1.807) is 11.6 Å². The molecule has 0 aliphatic heterocycles. The van der Waals surface area contributed by atoms with Crippen molar-refractivity contribution in [1.82, 2.24) is 14.1 Å². The van der Waals surface area contributed by atoms with Crippen LogP contribution < -0.4 is 5.56 Å². The van der Waals surface area contributed by atoms with Crippen LogP contribution in [0.3, 0.4) is 0 Å². The Morgan fingerprint density at radius 2 is 2.05 bits per heavy atom. The number of fused-ring (bicyclic) bond motifs is 1. The van der Waals surface area contributed by atoms with Crippen molar-refractivity contribution in [2.45, 2.75) is 26.3 Å². The number of imidazole rings is 1. The van der Waals surface area contributed by atoms with E-state index in [9.17, 15) is 4.79 Å². The molecule has 4 heteroatoms. The molecule has 1 aliphatic rings. The molecule has 0 bridgehead atoms. The summed E-state index contributed by atoms with van der Waals surface area (Å²) in [5, 5.41) is 0. The van der Waals surface area contributed by atoms with Gasteiger partial charge in [0.05, 0.1) is 11.0 Å². The first-order valence-electron chi connectivity index (χ1n) is 7.76. The first-order valence-corrected chi connectivity index (χ1v) is 7.76. The highest BCUT2D eigenvalue weighted by molar-refractivity contribution is 5.80. The molecule has 1 saturated carbocycles. The molecule has 4 rings (SSSR count). The minimum atomic E-state index is 0.0496. The molecule has 0 saturated heterocycles. The minimum Gasteiger partial charge on any atom is -0.324 e. The average Bonchev–Trinajstić information content (AvgIpc) is 3.25. The third-order valence-electron chi connectivity index (χ3n) is 4.41. The number of aryl methyl sites for hydroxylation is 2. The Bertz CT molecular complexity index is 889. The predicted octanol–water partition coefficient (Wildman–Crippen LogP) is 3.12. The Morgan fingerprint density at radius 3 is 2.77 bits per heavy atom. The van der Waals surface area contributed by atoms with E-state index in [4.69, 9.17) is 4.98 Å². The second-order valence-electron chi connectivity index (χ2n) is 6.31. The van der Waals surface area contributed by atoms with E-state index < -0.39 is 0 Å². The zero-order chi connectivity index (χ0) is 15.3. The number of para-hydroxylation sites is 2. The van der Waals surface area contributed by atoms with E-state index in [2.05, 4.69) is 22.8 Å². The van der Waals surface area contributed by atoms with Gasteiger partial charge < -0.3 is 9.13 Å². The van der Waals surface area contributed by atoms with E-state index in [0.29, 0.717) is 0 Å². The van der Waals surface area contributed by atoms with Gasteiger partial charge in [-0.15, -0.1) is 0 Å². The summed E-state index contributed by atoms with van der Waals surface area (Å²) in [6.45, 7) is 2.87. The monoisotopic (exact) mass is 293 g/mol. The molecule has 0 spiro atoms. The zero-order valence-corrected chi connectivity index (χ0v) is 12.9. The first-order chi connectivity index (χ1) is 10.6. The number of benzene rings is 1. The lowest BCUT2D eigenvalue weighted by atomic mass is 10.2. The highest BCUT2D eigenvalue weighted by Crippen LogP contribution is 2.34. The van der Waals surface area contributed by atoms with Crippen molar-refractivity contribution in [3.05, 3.63) is 52.4 Å². The van der Waals surface area contributed by atoms with Crippen LogP contribution in [0, 0.1) is 12.8 Å². The summed E-state index contributed by atoms with van der Waals surface area (Å²) in [4.78, 5) is 16.8. The van der Waals surface area contributed by atoms with Crippen molar-refractivity contribution in [2.24, 2.45) is 13.0 Å². The summed E-state index contributed by atoms with van der Waals surface area (Å²) >= 11 is 0. The molecule has 0 radical (unpaired) electrons. The number of hydrogen-bond donors (Lipinski definition) is 0. The lowest BCUT2D eigenvalue weighted by Gasteiger charge is -2.10. The molecular weight excluding hydrogens is 274 g/mol. The van der Waals surface area contributed by atoms with E-state index in [-0.39, 0.29) is 5.56 Å². The lowest BCUT2D eigenvalue weighted by molar-refractivity contribution is 0.647. The van der Waals surface area contributed by atoms with Gasteiger partial charge in [-0.25, -0.2) is 4.98 Å². The Labute approximate surface area is 129 Å². The summed E-state index contributed by atoms with van der Waals surface area (Å²) < 4.78 is 3.96. The molecule has 0 unspecified atom stereocenters. The maximum atomic E-state index is 11.9. The molecule has 2 aromatic heterocycles. The third-order valence-corrected chi connectivity index (χ3v) is 4.41. The van der Waals surface area contributed by atoms with Crippen LogP contribution in [0.15, 0.2) is 41.3 Å². The summed E-state index contributed by atoms with van der Waals surface area (Å²) in [7, 11) is 1.80. The first kappa shape index (κ1) is 13.3. The molecule has 0 N–H and O–H groups in total. The standard InChI is InChI=1S/C18H19N3O/c1-12-9-14(11-20(2)18(12)22)17-19-15-5-3-4-6-16(15)21(17)10-13-7-8-13/h3-6,9,11,13H,7-8,10H2,1-2H3. The molecule has 22 heavy (non-hydrogen) atoms. The number of pyridine rings is 1. The Balaban J connectivity index is 1.95. The van der Waals surface area contributed by atoms with E-state index in [1.165, 1.54) is 18.4 Å². The van der Waals surface area contributed by atoms with Gasteiger partial charge in [0.2, 0.25) is 0 Å². The highest BCUT2D eigenvalue weighted by atomic mass is 16.1. The van der Waals surface area contributed by atoms with Crippen molar-refractivity contribution < 1.29 is 0 Å². The molecule has 0 atom stereocenters. The van der Waals surface area contributed by atoms with Crippen molar-refractivity contribution >= 4 is 11.0 Å². The number of hydrogen-bond acceptors (Lipinski definition) is 2. The molecule has 1 aliphatic carbocycles. The Hall–Kier alpha value is -2.36. The van der Waals surface area contributed by atoms with Crippen molar-refractivity contribution in [3.63, 3.8) is 0 Å². The maximum Gasteiger partial charge on any atom is 0.253 e. The normalized spacial score (nSPS) is 14.6. The summed E-state index contributed by atoms with van der Waals surface area (Å²) in [5.74, 6) is 1.73. The van der Waals surface area contributed by atoms with Crippen LogP contribution in [0.4, 0.5) is 0 Å². The summed E-state index contributed by atoms with van der Waals surface area (Å²) in [6, 6.07) is 10.2. The Kier molecular flexibility index (Phi) is 2.93. The van der Waals surface area contributed by atoms with Gasteiger partial charge in [0.1, 0.15) is 5.82 Å². The van der Waals surface area contributed by atoms with Crippen LogP contribution in [-0.2, 0) is 13.6 Å². The molecular formula is C18H19N3O. The van der Waals surface area contributed by atoms with Gasteiger partial charge in [0, 0.05) is 30.9 Å². The molecule has 2 heterocycles. The van der Waals surface area contributed by atoms with E-state index in [0.717, 1.165) is 34.9 Å². The average molecular weight is 293 g/mol. The SMILES string of the molecule is Cc1cc(-c2nc3ccccc3n2CC2CC2)cn(C)c1=O. The zero-order valence-electron chi connectivity index (χ0n) is 12.9. The van der Waals surface area contributed by atoms with Gasteiger partial charge >= 0.3 is 0 Å². The molecule has 0 amide bonds. The Morgan fingerprint density at radius 1 is 1.27 bits per heavy atom. The predicted molar refractivity (Wildman–Crippen MR) is 87.9 cm³/mol. The molecule has 112 valence electrons. The molecule has 4 nitrogen and oxygen atoms in total. The minimum absolute atomic E-state index is 0.0496. The van der Waals surface area contributed by atoms with Gasteiger partial charge in [-0.3, -0.25) is 4.79 Å². The van der Waals surface area contributed by atoms with Gasteiger partial charge in [0.15, 0.2) is 0 Å². The molecule has 1 aromatic carbocycles. The fourth-order valence-electron chi connectivity index (χ4n) is 3.04. The third kappa shape index (κ3) is 2.15. The molecule has 1 fully saturated rings. The van der Waals surface area contributed by atoms with Gasteiger partial charge in [-0.2, -0.15) is 0 Å². The van der Waals surface area contributed by atoms with Crippen LogP contribution in [0.5, 0.6) is 0 Å². The molecule has 3 aromatic rings. The smallest absolute Gasteiger partial charge is 0.253 e. The van der Waals surface area contributed by atoms with Crippen LogP contribution in [0.1, 0.15) is 18.4 Å². The van der Waals surface area contributed by atoms with Gasteiger partial charge in [-0.1, -0.05) is 12.1 Å². The maximum absolute atomic E-state index is 11.9. The summed E-state index contributed by atoms with van der Waals surface area (Å²) in [5.41, 5.74) is 4.01. The van der Waals surface area contributed by atoms with Crippen molar-refractivity contribution in [3.8, 4) is 11.4 Å². The number of aromatic nitrogens is 3. The van der Waals surface area contributed by atoms with Gasteiger partial charge in [0.25, 0.3) is 5.56 Å². The number of rotatable bonds is 3. The van der Waals surface area contributed by atoms with E-state index >= 15 is 0 Å².